The number of thiophene rings is 1. The third kappa shape index (κ3) is 4.54. The van der Waals surface area contributed by atoms with Crippen LogP contribution in [0.5, 0.6) is 0 Å². The molecule has 2 aromatic heterocycles. The molecule has 1 fully saturated rings. The van der Waals surface area contributed by atoms with E-state index in [0.717, 1.165) is 29.5 Å². The zero-order valence-corrected chi connectivity index (χ0v) is 17.2. The third-order valence-corrected chi connectivity index (χ3v) is 6.68. The Labute approximate surface area is 172 Å². The van der Waals surface area contributed by atoms with Gasteiger partial charge in [0, 0.05) is 41.1 Å². The van der Waals surface area contributed by atoms with Gasteiger partial charge in [0.1, 0.15) is 0 Å². The Morgan fingerprint density at radius 1 is 1.14 bits per heavy atom. The quantitative estimate of drug-likeness (QED) is 0.566. The van der Waals surface area contributed by atoms with Crippen molar-refractivity contribution in [3.63, 3.8) is 0 Å². The molecule has 28 heavy (non-hydrogen) atoms. The SMILES string of the molecule is O=C(O)CCN(Cc1cccs1)c1nc(-c2ccc(N3CCCC3)cc2)cs1. The summed E-state index contributed by atoms with van der Waals surface area (Å²) in [6.45, 7) is 3.42. The summed E-state index contributed by atoms with van der Waals surface area (Å²) in [5.74, 6) is -0.787. The van der Waals surface area contributed by atoms with Gasteiger partial charge in [-0.25, -0.2) is 4.98 Å². The Morgan fingerprint density at radius 2 is 1.93 bits per heavy atom. The van der Waals surface area contributed by atoms with E-state index in [0.29, 0.717) is 13.1 Å². The molecular formula is C21H23N3O2S2. The normalized spacial score (nSPS) is 13.8. The number of aliphatic carboxylic acids is 1. The van der Waals surface area contributed by atoms with E-state index in [1.807, 2.05) is 11.4 Å². The second-order valence-electron chi connectivity index (χ2n) is 6.90. The highest BCUT2D eigenvalue weighted by molar-refractivity contribution is 7.14. The van der Waals surface area contributed by atoms with Crippen molar-refractivity contribution in [1.82, 2.24) is 4.98 Å². The number of carboxylic acids is 1. The van der Waals surface area contributed by atoms with E-state index >= 15 is 0 Å². The van der Waals surface area contributed by atoms with Crippen LogP contribution in [0, 0.1) is 0 Å². The van der Waals surface area contributed by atoms with Crippen molar-refractivity contribution in [2.45, 2.75) is 25.8 Å². The van der Waals surface area contributed by atoms with E-state index < -0.39 is 5.97 Å². The minimum Gasteiger partial charge on any atom is -0.481 e. The molecular weight excluding hydrogens is 390 g/mol. The average molecular weight is 414 g/mol. The molecule has 3 heterocycles. The summed E-state index contributed by atoms with van der Waals surface area (Å²) < 4.78 is 0. The van der Waals surface area contributed by atoms with Crippen molar-refractivity contribution in [3.8, 4) is 11.3 Å². The van der Waals surface area contributed by atoms with Crippen molar-refractivity contribution in [1.29, 1.82) is 0 Å². The second kappa shape index (κ2) is 8.75. The largest absolute Gasteiger partial charge is 0.481 e. The maximum absolute atomic E-state index is 11.1. The van der Waals surface area contributed by atoms with Crippen LogP contribution in [0.1, 0.15) is 24.1 Å². The lowest BCUT2D eigenvalue weighted by Gasteiger charge is -2.20. The van der Waals surface area contributed by atoms with Gasteiger partial charge in [-0.3, -0.25) is 4.79 Å². The third-order valence-electron chi connectivity index (χ3n) is 4.92. The molecule has 3 aromatic rings. The van der Waals surface area contributed by atoms with Crippen molar-refractivity contribution in [3.05, 3.63) is 52.0 Å². The predicted molar refractivity (Wildman–Crippen MR) is 117 cm³/mol. The van der Waals surface area contributed by atoms with Crippen LogP contribution in [0.2, 0.25) is 0 Å². The summed E-state index contributed by atoms with van der Waals surface area (Å²) >= 11 is 3.25. The summed E-state index contributed by atoms with van der Waals surface area (Å²) in [4.78, 5) is 21.6. The monoisotopic (exact) mass is 413 g/mol. The first-order chi connectivity index (χ1) is 13.7. The number of benzene rings is 1. The van der Waals surface area contributed by atoms with Gasteiger partial charge in [-0.05, 0) is 36.4 Å². The van der Waals surface area contributed by atoms with Gasteiger partial charge in [-0.2, -0.15) is 0 Å². The highest BCUT2D eigenvalue weighted by Gasteiger charge is 2.16. The molecule has 0 saturated carbocycles. The summed E-state index contributed by atoms with van der Waals surface area (Å²) in [7, 11) is 0. The van der Waals surface area contributed by atoms with Crippen LogP contribution in [0.4, 0.5) is 10.8 Å². The zero-order valence-electron chi connectivity index (χ0n) is 15.6. The van der Waals surface area contributed by atoms with Gasteiger partial charge in [0.2, 0.25) is 0 Å². The lowest BCUT2D eigenvalue weighted by Crippen LogP contribution is -2.25. The molecule has 4 rings (SSSR count). The number of nitrogens with zero attached hydrogens (tertiary/aromatic N) is 3. The molecule has 5 nitrogen and oxygen atoms in total. The minimum atomic E-state index is -0.787. The highest BCUT2D eigenvalue weighted by Crippen LogP contribution is 2.31. The molecule has 1 saturated heterocycles. The van der Waals surface area contributed by atoms with E-state index in [9.17, 15) is 4.79 Å². The van der Waals surface area contributed by atoms with Crippen LogP contribution < -0.4 is 9.80 Å². The smallest absolute Gasteiger partial charge is 0.305 e. The van der Waals surface area contributed by atoms with Gasteiger partial charge in [-0.15, -0.1) is 22.7 Å². The van der Waals surface area contributed by atoms with Gasteiger partial charge in [0.25, 0.3) is 0 Å². The van der Waals surface area contributed by atoms with Gasteiger partial charge >= 0.3 is 5.97 Å². The molecule has 1 aliphatic rings. The number of hydrogen-bond donors (Lipinski definition) is 1. The number of carboxylic acid groups (broad SMARTS) is 1. The van der Waals surface area contributed by atoms with Crippen molar-refractivity contribution >= 4 is 39.5 Å². The Hall–Kier alpha value is -2.38. The summed E-state index contributed by atoms with van der Waals surface area (Å²) in [5.41, 5.74) is 3.32. The standard InChI is InChI=1S/C21H23N3O2S2/c25-20(26)9-12-24(14-18-4-3-13-27-18)21-22-19(15-28-21)16-5-7-17(8-6-16)23-10-1-2-11-23/h3-8,13,15H,1-2,9-12,14H2,(H,25,26). The van der Waals surface area contributed by atoms with Gasteiger partial charge in [0.05, 0.1) is 18.7 Å². The Bertz CT molecular complexity index is 900. The topological polar surface area (TPSA) is 56.7 Å². The summed E-state index contributed by atoms with van der Waals surface area (Å²) in [6.07, 6.45) is 2.64. The van der Waals surface area contributed by atoms with Gasteiger partial charge in [0.15, 0.2) is 5.13 Å². The molecule has 0 unspecified atom stereocenters. The van der Waals surface area contributed by atoms with Crippen LogP contribution in [0.25, 0.3) is 11.3 Å². The predicted octanol–water partition coefficient (Wildman–Crippen LogP) is 4.95. The van der Waals surface area contributed by atoms with Crippen LogP contribution in [0.15, 0.2) is 47.2 Å². The molecule has 0 amide bonds. The first kappa shape index (κ1) is 19.0. The number of carbonyl (C=O) groups is 1. The Kier molecular flexibility index (Phi) is 5.92. The average Bonchev–Trinajstić information content (AvgIpc) is 3.48. The molecule has 146 valence electrons. The fraction of sp³-hybridized carbons (Fsp3) is 0.333. The van der Waals surface area contributed by atoms with Crippen molar-refractivity contribution in [2.75, 3.05) is 29.4 Å². The lowest BCUT2D eigenvalue weighted by atomic mass is 10.1. The number of anilines is 2. The highest BCUT2D eigenvalue weighted by atomic mass is 32.1. The van der Waals surface area contributed by atoms with Crippen LogP contribution in [-0.4, -0.2) is 35.7 Å². The van der Waals surface area contributed by atoms with Crippen LogP contribution >= 0.6 is 22.7 Å². The van der Waals surface area contributed by atoms with E-state index in [-0.39, 0.29) is 6.42 Å². The van der Waals surface area contributed by atoms with Gasteiger partial charge in [-0.1, -0.05) is 18.2 Å². The number of thiazole rings is 1. The molecule has 1 aliphatic heterocycles. The lowest BCUT2D eigenvalue weighted by molar-refractivity contribution is -0.136. The number of rotatable bonds is 8. The Balaban J connectivity index is 1.50. The van der Waals surface area contributed by atoms with Gasteiger partial charge < -0.3 is 14.9 Å². The summed E-state index contributed by atoms with van der Waals surface area (Å²) in [6, 6.07) is 12.7. The van der Waals surface area contributed by atoms with E-state index in [4.69, 9.17) is 10.1 Å². The maximum Gasteiger partial charge on any atom is 0.305 e. The molecule has 7 heteroatoms. The zero-order chi connectivity index (χ0) is 19.3. The van der Waals surface area contributed by atoms with Crippen LogP contribution in [-0.2, 0) is 11.3 Å². The molecule has 0 atom stereocenters. The Morgan fingerprint density at radius 3 is 2.61 bits per heavy atom. The van der Waals surface area contributed by atoms with Crippen molar-refractivity contribution < 1.29 is 9.90 Å². The molecule has 0 aliphatic carbocycles. The number of aromatic nitrogens is 1. The number of hydrogen-bond acceptors (Lipinski definition) is 6. The molecule has 0 spiro atoms. The molecule has 1 aromatic carbocycles. The van der Waals surface area contributed by atoms with Crippen molar-refractivity contribution in [2.24, 2.45) is 0 Å². The van der Waals surface area contributed by atoms with Crippen LogP contribution in [0.3, 0.4) is 0 Å². The fourth-order valence-electron chi connectivity index (χ4n) is 3.42. The second-order valence-corrected chi connectivity index (χ2v) is 8.77. The van der Waals surface area contributed by atoms with E-state index in [1.165, 1.54) is 23.4 Å². The first-order valence-corrected chi connectivity index (χ1v) is 11.2. The fourth-order valence-corrected chi connectivity index (χ4v) is 5.01. The molecule has 0 radical (unpaired) electrons. The summed E-state index contributed by atoms with van der Waals surface area (Å²) in [5, 5.41) is 14.1. The van der Waals surface area contributed by atoms with E-state index in [1.54, 1.807) is 22.7 Å². The van der Waals surface area contributed by atoms with E-state index in [2.05, 4.69) is 45.5 Å². The minimum absolute atomic E-state index is 0.102. The molecule has 1 N–H and O–H groups in total. The first-order valence-electron chi connectivity index (χ1n) is 9.49. The molecule has 0 bridgehead atoms. The maximum atomic E-state index is 11.1.